The fourth-order valence-electron chi connectivity index (χ4n) is 8.61. The molecule has 0 unspecified atom stereocenters. The molecule has 0 amide bonds. The van der Waals surface area contributed by atoms with E-state index in [0.29, 0.717) is 47.0 Å². The summed E-state index contributed by atoms with van der Waals surface area (Å²) in [5, 5.41) is 48.5. The fourth-order valence-corrected chi connectivity index (χ4v) is 9.67. The third kappa shape index (κ3) is 11.5. The van der Waals surface area contributed by atoms with Crippen molar-refractivity contribution >= 4 is 87.1 Å². The minimum absolute atomic E-state index is 0.303. The average molecular weight is 1130 g/mol. The van der Waals surface area contributed by atoms with Crippen LogP contribution in [-0.2, 0) is 21.7 Å². The summed E-state index contributed by atoms with van der Waals surface area (Å²) < 4.78 is 4.14. The minimum Gasteiger partial charge on any atom is -0.409 e. The van der Waals surface area contributed by atoms with Crippen LogP contribution in [0.4, 0.5) is 0 Å². The fraction of sp³-hybridized carbons (Fsp3) is 0.417. The van der Waals surface area contributed by atoms with Gasteiger partial charge in [0.15, 0.2) is 0 Å². The molecule has 12 N–H and O–H groups in total. The van der Waals surface area contributed by atoms with Crippen LogP contribution >= 0.6 is 63.7 Å². The van der Waals surface area contributed by atoms with E-state index in [2.05, 4.69) is 84.3 Å². The largest absolute Gasteiger partial charge is 0.409 e. The van der Waals surface area contributed by atoms with Gasteiger partial charge in [-0.05, 0) is 174 Å². The van der Waals surface area contributed by atoms with E-state index >= 15 is 0 Å². The third-order valence-electron chi connectivity index (χ3n) is 13.9. The quantitative estimate of drug-likeness (QED) is 0.0293. The zero-order chi connectivity index (χ0) is 47.0. The van der Waals surface area contributed by atoms with Crippen LogP contribution in [-0.4, -0.2) is 44.2 Å². The first-order chi connectivity index (χ1) is 30.3. The van der Waals surface area contributed by atoms with E-state index < -0.39 is 0 Å². The van der Waals surface area contributed by atoms with Gasteiger partial charge in [0.1, 0.15) is 23.3 Å². The first-order valence-corrected chi connectivity index (χ1v) is 24.5. The van der Waals surface area contributed by atoms with Crippen molar-refractivity contribution in [1.82, 2.24) is 0 Å². The Morgan fingerprint density at radius 3 is 0.609 bits per heavy atom. The standard InChI is InChI=1S/4C12H15BrN2O/c4*1-12(8-2-3-8,11(14)15-16)9-4-6-10(13)7-5-9/h4*4-8,16H,2-3H2,1H3,(H2,14,15)/t4*12-/m1111/s1. The molecule has 4 aromatic rings. The average Bonchev–Trinajstić information content (AvgIpc) is 4.11. The van der Waals surface area contributed by atoms with Crippen LogP contribution in [0.3, 0.4) is 0 Å². The van der Waals surface area contributed by atoms with Gasteiger partial charge in [0.25, 0.3) is 0 Å². The van der Waals surface area contributed by atoms with Crippen LogP contribution in [0.2, 0.25) is 0 Å². The summed E-state index contributed by atoms with van der Waals surface area (Å²) in [6.45, 7) is 8.18. The number of rotatable bonds is 12. The number of hydrogen-bond donors (Lipinski definition) is 8. The summed E-state index contributed by atoms with van der Waals surface area (Å²) in [5.41, 5.74) is 26.5. The van der Waals surface area contributed by atoms with Gasteiger partial charge < -0.3 is 43.8 Å². The highest BCUT2D eigenvalue weighted by Crippen LogP contribution is 2.50. The third-order valence-corrected chi connectivity index (χ3v) is 16.0. The lowest BCUT2D eigenvalue weighted by Crippen LogP contribution is -2.40. The molecule has 4 saturated carbocycles. The molecule has 0 saturated heterocycles. The van der Waals surface area contributed by atoms with Gasteiger partial charge in [0.05, 0.1) is 21.7 Å². The predicted molar refractivity (Wildman–Crippen MR) is 271 cm³/mol. The Morgan fingerprint density at radius 2 is 0.500 bits per heavy atom. The first-order valence-electron chi connectivity index (χ1n) is 21.3. The molecular formula is C48H60Br4N8O4. The molecule has 0 spiro atoms. The van der Waals surface area contributed by atoms with E-state index in [-0.39, 0.29) is 21.7 Å². The lowest BCUT2D eigenvalue weighted by Gasteiger charge is -2.28. The van der Waals surface area contributed by atoms with E-state index in [1.54, 1.807) is 0 Å². The molecule has 0 aliphatic heterocycles. The zero-order valence-corrected chi connectivity index (χ0v) is 42.9. The van der Waals surface area contributed by atoms with Gasteiger partial charge in [-0.25, -0.2) is 0 Å². The van der Waals surface area contributed by atoms with Crippen molar-refractivity contribution in [3.05, 3.63) is 137 Å². The van der Waals surface area contributed by atoms with Gasteiger partial charge in [-0.15, -0.1) is 0 Å². The topological polar surface area (TPSA) is 234 Å². The molecule has 8 rings (SSSR count). The highest BCUT2D eigenvalue weighted by atomic mass is 79.9. The molecule has 4 fully saturated rings. The van der Waals surface area contributed by atoms with E-state index in [9.17, 15) is 0 Å². The maximum absolute atomic E-state index is 8.92. The van der Waals surface area contributed by atoms with Gasteiger partial charge in [0, 0.05) is 17.9 Å². The van der Waals surface area contributed by atoms with Crippen LogP contribution in [0.15, 0.2) is 136 Å². The smallest absolute Gasteiger partial charge is 0.149 e. The highest BCUT2D eigenvalue weighted by Gasteiger charge is 2.49. The molecule has 0 aromatic heterocycles. The Labute approximate surface area is 410 Å². The van der Waals surface area contributed by atoms with Crippen LogP contribution in [0.1, 0.15) is 101 Å². The number of amidine groups is 4. The van der Waals surface area contributed by atoms with Crippen LogP contribution in [0.5, 0.6) is 0 Å². The van der Waals surface area contributed by atoms with Gasteiger partial charge in [-0.1, -0.05) is 133 Å². The molecule has 4 aliphatic rings. The van der Waals surface area contributed by atoms with E-state index in [1.165, 1.54) is 0 Å². The molecule has 0 radical (unpaired) electrons. The van der Waals surface area contributed by atoms with Crippen molar-refractivity contribution in [3.63, 3.8) is 0 Å². The minimum atomic E-state index is -0.338. The Bertz CT molecular complexity index is 1970. The van der Waals surface area contributed by atoms with Crippen molar-refractivity contribution in [1.29, 1.82) is 0 Å². The molecule has 12 nitrogen and oxygen atoms in total. The molecule has 0 heterocycles. The van der Waals surface area contributed by atoms with E-state index in [4.69, 9.17) is 43.8 Å². The van der Waals surface area contributed by atoms with Gasteiger partial charge in [-0.3, -0.25) is 0 Å². The number of nitrogens with two attached hydrogens (primary N) is 4. The second kappa shape index (κ2) is 21.5. The monoisotopic (exact) mass is 1130 g/mol. The number of oxime groups is 4. The van der Waals surface area contributed by atoms with Crippen LogP contribution in [0.25, 0.3) is 0 Å². The Morgan fingerprint density at radius 1 is 0.359 bits per heavy atom. The zero-order valence-electron chi connectivity index (χ0n) is 36.6. The van der Waals surface area contributed by atoms with E-state index in [1.807, 2.05) is 125 Å². The molecule has 4 aliphatic carbocycles. The van der Waals surface area contributed by atoms with Crippen molar-refractivity contribution in [2.24, 2.45) is 67.2 Å². The summed E-state index contributed by atoms with van der Waals surface area (Å²) in [6.07, 6.45) is 9.13. The lowest BCUT2D eigenvalue weighted by molar-refractivity contribution is 0.310. The maximum atomic E-state index is 8.92. The normalized spacial score (nSPS) is 20.5. The molecule has 344 valence electrons. The Balaban J connectivity index is 0.000000161. The van der Waals surface area contributed by atoms with Gasteiger partial charge in [-0.2, -0.15) is 0 Å². The van der Waals surface area contributed by atoms with Gasteiger partial charge >= 0.3 is 0 Å². The second-order valence-corrected chi connectivity index (χ2v) is 21.5. The Hall–Kier alpha value is -4.12. The van der Waals surface area contributed by atoms with E-state index in [0.717, 1.165) is 91.5 Å². The molecule has 4 atom stereocenters. The van der Waals surface area contributed by atoms with Gasteiger partial charge in [0.2, 0.25) is 0 Å². The molecule has 64 heavy (non-hydrogen) atoms. The predicted octanol–water partition coefficient (Wildman–Crippen LogP) is 11.5. The maximum Gasteiger partial charge on any atom is 0.149 e. The second-order valence-electron chi connectivity index (χ2n) is 17.9. The van der Waals surface area contributed by atoms with Crippen molar-refractivity contribution in [2.75, 3.05) is 0 Å². The van der Waals surface area contributed by atoms with Crippen molar-refractivity contribution in [2.45, 2.75) is 101 Å². The SMILES string of the molecule is C[C@](/C(N)=N/O)(c1ccc(Br)cc1)C1CC1.C[C@](/C(N)=N/O)(c1ccc(Br)cc1)C1CC1.C[C@](/C(N)=N/O)(c1ccc(Br)cc1)C1CC1.C[C@](/C(N)=N/O)(c1ccc(Br)cc1)C1CC1. The Kier molecular flexibility index (Phi) is 17.1. The summed E-state index contributed by atoms with van der Waals surface area (Å²) in [4.78, 5) is 0. The van der Waals surface area contributed by atoms with Crippen LogP contribution < -0.4 is 22.9 Å². The summed E-state index contributed by atoms with van der Waals surface area (Å²) in [7, 11) is 0. The number of hydrogen-bond acceptors (Lipinski definition) is 8. The first kappa shape index (κ1) is 50.9. The molecular weight excluding hydrogens is 1070 g/mol. The number of benzene rings is 4. The van der Waals surface area contributed by atoms with Crippen LogP contribution in [0, 0.1) is 23.7 Å². The molecule has 16 heteroatoms. The highest BCUT2D eigenvalue weighted by molar-refractivity contribution is 9.11. The summed E-state index contributed by atoms with van der Waals surface area (Å²) in [5.74, 6) is 3.17. The summed E-state index contributed by atoms with van der Waals surface area (Å²) in [6, 6.07) is 32.1. The number of halogens is 4. The molecule has 4 aromatic carbocycles. The lowest BCUT2D eigenvalue weighted by atomic mass is 9.77. The van der Waals surface area contributed by atoms with Crippen molar-refractivity contribution in [3.8, 4) is 0 Å². The molecule has 0 bridgehead atoms. The van der Waals surface area contributed by atoms with Crippen molar-refractivity contribution < 1.29 is 20.8 Å². The number of nitrogens with zero attached hydrogens (tertiary/aromatic N) is 4. The summed E-state index contributed by atoms with van der Waals surface area (Å²) >= 11 is 13.6.